The highest BCUT2D eigenvalue weighted by Crippen LogP contribution is 2.27. The van der Waals surface area contributed by atoms with Crippen molar-refractivity contribution in [1.82, 2.24) is 9.62 Å². The molecule has 0 unspecified atom stereocenters. The van der Waals surface area contributed by atoms with Gasteiger partial charge in [-0.05, 0) is 55.4 Å². The summed E-state index contributed by atoms with van der Waals surface area (Å²) in [5.74, 6) is 1.13. The molecule has 0 aromatic heterocycles. The molecule has 6 nitrogen and oxygen atoms in total. The standard InChI is InChI=1S/C23H38N2O4S/c1-4-6-10-19(5-2)18-24-23(26)14-11-20-17-21(12-13-22(20)29-3)30(27,28)25-15-8-7-9-16-25/h12-13,17,19H,4-11,14-16,18H2,1-3H3,(H,24,26)/t19-/m0/s1. The van der Waals surface area contributed by atoms with E-state index >= 15 is 0 Å². The van der Waals surface area contributed by atoms with E-state index in [1.165, 1.54) is 12.8 Å². The van der Waals surface area contributed by atoms with Gasteiger partial charge in [0.05, 0.1) is 12.0 Å². The molecule has 1 atom stereocenters. The van der Waals surface area contributed by atoms with Crippen LogP contribution < -0.4 is 10.1 Å². The second-order valence-electron chi connectivity index (χ2n) is 8.16. The molecular formula is C23H38N2O4S. The minimum Gasteiger partial charge on any atom is -0.496 e. The zero-order chi connectivity index (χ0) is 22.0. The maximum Gasteiger partial charge on any atom is 0.243 e. The number of carbonyl (C=O) groups excluding carboxylic acids is 1. The molecule has 1 saturated heterocycles. The molecule has 170 valence electrons. The van der Waals surface area contributed by atoms with E-state index in [-0.39, 0.29) is 10.8 Å². The fraction of sp³-hybridized carbons (Fsp3) is 0.696. The van der Waals surface area contributed by atoms with Gasteiger partial charge >= 0.3 is 0 Å². The van der Waals surface area contributed by atoms with Crippen molar-refractivity contribution >= 4 is 15.9 Å². The Hall–Kier alpha value is -1.60. The molecule has 1 fully saturated rings. The largest absolute Gasteiger partial charge is 0.496 e. The SMILES string of the molecule is CCCC[C@H](CC)CNC(=O)CCc1cc(S(=O)(=O)N2CCCCC2)ccc1OC. The van der Waals surface area contributed by atoms with Crippen LogP contribution in [0.5, 0.6) is 5.75 Å². The smallest absolute Gasteiger partial charge is 0.243 e. The van der Waals surface area contributed by atoms with Gasteiger partial charge in [-0.15, -0.1) is 0 Å². The van der Waals surface area contributed by atoms with Crippen LogP contribution in [-0.4, -0.2) is 45.4 Å². The normalized spacial score (nSPS) is 16.2. The minimum absolute atomic E-state index is 0.00343. The molecule has 1 aliphatic rings. The molecule has 0 saturated carbocycles. The van der Waals surface area contributed by atoms with Crippen LogP contribution >= 0.6 is 0 Å². The fourth-order valence-corrected chi connectivity index (χ4v) is 5.47. The van der Waals surface area contributed by atoms with Crippen LogP contribution in [0.15, 0.2) is 23.1 Å². The van der Waals surface area contributed by atoms with Gasteiger partial charge in [0.2, 0.25) is 15.9 Å². The fourth-order valence-electron chi connectivity index (χ4n) is 3.90. The lowest BCUT2D eigenvalue weighted by molar-refractivity contribution is -0.121. The molecule has 1 amide bonds. The molecule has 0 aliphatic carbocycles. The molecule has 0 radical (unpaired) electrons. The summed E-state index contributed by atoms with van der Waals surface area (Å²) in [4.78, 5) is 12.6. The molecule has 7 heteroatoms. The van der Waals surface area contributed by atoms with Crippen molar-refractivity contribution in [3.8, 4) is 5.75 Å². The van der Waals surface area contributed by atoms with Crippen LogP contribution in [0.25, 0.3) is 0 Å². The van der Waals surface area contributed by atoms with Gasteiger partial charge in [-0.3, -0.25) is 4.79 Å². The summed E-state index contributed by atoms with van der Waals surface area (Å²) in [5.41, 5.74) is 0.753. The molecular weight excluding hydrogens is 400 g/mol. The highest BCUT2D eigenvalue weighted by Gasteiger charge is 2.26. The van der Waals surface area contributed by atoms with Crippen LogP contribution in [-0.2, 0) is 21.2 Å². The minimum atomic E-state index is -3.50. The lowest BCUT2D eigenvalue weighted by atomic mass is 9.99. The molecule has 1 aromatic rings. The zero-order valence-corrected chi connectivity index (χ0v) is 19.6. The Bertz CT molecular complexity index is 773. The molecule has 1 heterocycles. The van der Waals surface area contributed by atoms with Crippen molar-refractivity contribution in [1.29, 1.82) is 0 Å². The Morgan fingerprint density at radius 3 is 2.57 bits per heavy atom. The second kappa shape index (κ2) is 12.3. The van der Waals surface area contributed by atoms with E-state index in [0.29, 0.717) is 44.1 Å². The van der Waals surface area contributed by atoms with Gasteiger partial charge in [0.1, 0.15) is 5.75 Å². The number of aryl methyl sites for hydroxylation is 1. The number of benzene rings is 1. The van der Waals surface area contributed by atoms with Gasteiger partial charge < -0.3 is 10.1 Å². The zero-order valence-electron chi connectivity index (χ0n) is 18.8. The predicted molar refractivity (Wildman–Crippen MR) is 120 cm³/mol. The number of ether oxygens (including phenoxy) is 1. The Morgan fingerprint density at radius 1 is 1.20 bits per heavy atom. The third-order valence-electron chi connectivity index (χ3n) is 5.96. The van der Waals surface area contributed by atoms with Crippen LogP contribution in [0.2, 0.25) is 0 Å². The van der Waals surface area contributed by atoms with Crippen molar-refractivity contribution in [2.75, 3.05) is 26.7 Å². The summed E-state index contributed by atoms with van der Waals surface area (Å²) in [7, 11) is -1.94. The third-order valence-corrected chi connectivity index (χ3v) is 7.85. The Kier molecular flexibility index (Phi) is 10.1. The van der Waals surface area contributed by atoms with Crippen LogP contribution in [0.4, 0.5) is 0 Å². The van der Waals surface area contributed by atoms with E-state index in [2.05, 4.69) is 19.2 Å². The van der Waals surface area contributed by atoms with Gasteiger partial charge in [-0.25, -0.2) is 8.42 Å². The summed E-state index contributed by atoms with van der Waals surface area (Å²) in [6.45, 7) is 6.19. The van der Waals surface area contributed by atoms with Crippen LogP contribution in [0, 0.1) is 5.92 Å². The number of sulfonamides is 1. The lowest BCUT2D eigenvalue weighted by Crippen LogP contribution is -2.35. The quantitative estimate of drug-likeness (QED) is 0.532. The first-order valence-electron chi connectivity index (χ1n) is 11.4. The highest BCUT2D eigenvalue weighted by atomic mass is 32.2. The van der Waals surface area contributed by atoms with Crippen molar-refractivity contribution in [2.45, 2.75) is 76.5 Å². The number of rotatable bonds is 12. The van der Waals surface area contributed by atoms with Gasteiger partial charge in [0, 0.05) is 26.1 Å². The van der Waals surface area contributed by atoms with Gasteiger partial charge in [-0.2, -0.15) is 4.31 Å². The third kappa shape index (κ3) is 6.98. The van der Waals surface area contributed by atoms with Crippen molar-refractivity contribution in [3.05, 3.63) is 23.8 Å². The van der Waals surface area contributed by atoms with Crippen LogP contribution in [0.1, 0.15) is 70.8 Å². The molecule has 30 heavy (non-hydrogen) atoms. The first-order valence-corrected chi connectivity index (χ1v) is 12.8. The number of hydrogen-bond donors (Lipinski definition) is 1. The van der Waals surface area contributed by atoms with Gasteiger partial charge in [0.25, 0.3) is 0 Å². The first-order chi connectivity index (χ1) is 14.4. The number of unbranched alkanes of at least 4 members (excludes halogenated alkanes) is 1. The number of nitrogens with one attached hydrogen (secondary N) is 1. The number of amides is 1. The van der Waals surface area contributed by atoms with E-state index in [0.717, 1.165) is 37.7 Å². The second-order valence-corrected chi connectivity index (χ2v) is 10.1. The lowest BCUT2D eigenvalue weighted by Gasteiger charge is -2.26. The monoisotopic (exact) mass is 438 g/mol. The van der Waals surface area contributed by atoms with E-state index < -0.39 is 10.0 Å². The summed E-state index contributed by atoms with van der Waals surface area (Å²) in [5, 5.41) is 3.04. The maximum atomic E-state index is 13.0. The number of piperidine rings is 1. The molecule has 1 aliphatic heterocycles. The Morgan fingerprint density at radius 2 is 1.93 bits per heavy atom. The van der Waals surface area contributed by atoms with Crippen LogP contribution in [0.3, 0.4) is 0 Å². The first kappa shape index (κ1) is 24.7. The maximum absolute atomic E-state index is 13.0. The van der Waals surface area contributed by atoms with E-state index in [1.54, 1.807) is 29.6 Å². The van der Waals surface area contributed by atoms with E-state index in [9.17, 15) is 13.2 Å². The molecule has 2 rings (SSSR count). The number of hydrogen-bond acceptors (Lipinski definition) is 4. The summed E-state index contributed by atoms with van der Waals surface area (Å²) < 4.78 is 32.9. The molecule has 0 bridgehead atoms. The highest BCUT2D eigenvalue weighted by molar-refractivity contribution is 7.89. The van der Waals surface area contributed by atoms with Gasteiger partial charge in [0.15, 0.2) is 0 Å². The van der Waals surface area contributed by atoms with Gasteiger partial charge in [-0.1, -0.05) is 39.5 Å². The predicted octanol–water partition coefficient (Wildman–Crippen LogP) is 4.14. The Labute approximate surface area is 182 Å². The van der Waals surface area contributed by atoms with E-state index in [1.807, 2.05) is 0 Å². The Balaban J connectivity index is 2.00. The van der Waals surface area contributed by atoms with Crippen molar-refractivity contribution in [2.24, 2.45) is 5.92 Å². The summed E-state index contributed by atoms with van der Waals surface area (Å²) in [6, 6.07) is 4.97. The van der Waals surface area contributed by atoms with Crippen molar-refractivity contribution in [3.63, 3.8) is 0 Å². The number of nitrogens with zero attached hydrogens (tertiary/aromatic N) is 1. The van der Waals surface area contributed by atoms with Crippen molar-refractivity contribution < 1.29 is 17.9 Å². The molecule has 0 spiro atoms. The summed E-state index contributed by atoms with van der Waals surface area (Å²) in [6.07, 6.45) is 8.19. The van der Waals surface area contributed by atoms with E-state index in [4.69, 9.17) is 4.74 Å². The average molecular weight is 439 g/mol. The average Bonchev–Trinajstić information content (AvgIpc) is 2.78. The topological polar surface area (TPSA) is 75.7 Å². The summed E-state index contributed by atoms with van der Waals surface area (Å²) >= 11 is 0. The number of methoxy groups -OCH3 is 1. The molecule has 1 aromatic carbocycles. The number of carbonyl (C=O) groups is 1. The molecule has 1 N–H and O–H groups in total.